The minimum atomic E-state index is -0.487. The van der Waals surface area contributed by atoms with Crippen LogP contribution >= 0.6 is 0 Å². The molecule has 4 N–H and O–H groups in total. The molecule has 0 saturated carbocycles. The summed E-state index contributed by atoms with van der Waals surface area (Å²) in [5, 5.41) is 4.80. The molecule has 1 aliphatic heterocycles. The van der Waals surface area contributed by atoms with E-state index < -0.39 is 6.03 Å². The summed E-state index contributed by atoms with van der Waals surface area (Å²) in [6.45, 7) is 6.85. The Morgan fingerprint density at radius 2 is 2.26 bits per heavy atom. The second-order valence-electron chi connectivity index (χ2n) is 4.94. The van der Waals surface area contributed by atoms with Crippen molar-refractivity contribution < 1.29 is 9.59 Å². The van der Waals surface area contributed by atoms with Crippen LogP contribution in [0.15, 0.2) is 12.7 Å². The summed E-state index contributed by atoms with van der Waals surface area (Å²) in [6, 6.07) is -0.238. The minimum absolute atomic E-state index is 0.0303. The molecule has 1 rings (SSSR count). The molecule has 6 nitrogen and oxygen atoms in total. The summed E-state index contributed by atoms with van der Waals surface area (Å²) in [6.07, 6.45) is 4.78. The average Bonchev–Trinajstić information content (AvgIpc) is 2.36. The van der Waals surface area contributed by atoms with Gasteiger partial charge in [-0.05, 0) is 26.3 Å². The molecule has 0 aromatic rings. The zero-order valence-corrected chi connectivity index (χ0v) is 11.5. The molecule has 1 saturated heterocycles. The van der Waals surface area contributed by atoms with Gasteiger partial charge in [-0.15, -0.1) is 6.58 Å². The number of carbonyl (C=O) groups excluding carboxylic acids is 2. The van der Waals surface area contributed by atoms with E-state index in [0.717, 1.165) is 25.8 Å². The van der Waals surface area contributed by atoms with E-state index in [-0.39, 0.29) is 24.5 Å². The van der Waals surface area contributed by atoms with Crippen LogP contribution in [-0.4, -0.2) is 48.6 Å². The predicted molar refractivity (Wildman–Crippen MR) is 74.6 cm³/mol. The second kappa shape index (κ2) is 7.91. The van der Waals surface area contributed by atoms with Gasteiger partial charge in [0.15, 0.2) is 0 Å². The van der Waals surface area contributed by atoms with Gasteiger partial charge in [-0.2, -0.15) is 0 Å². The van der Waals surface area contributed by atoms with Gasteiger partial charge < -0.3 is 11.1 Å². The van der Waals surface area contributed by atoms with Crippen LogP contribution in [0.25, 0.3) is 0 Å². The predicted octanol–water partition coefficient (Wildman–Crippen LogP) is 0.200. The highest BCUT2D eigenvalue weighted by Gasteiger charge is 2.27. The highest BCUT2D eigenvalue weighted by atomic mass is 16.2. The molecule has 1 heterocycles. The van der Waals surface area contributed by atoms with Crippen molar-refractivity contribution in [2.75, 3.05) is 19.6 Å². The maximum absolute atomic E-state index is 11.8. The lowest BCUT2D eigenvalue weighted by Gasteiger charge is -2.37. The first-order valence-electron chi connectivity index (χ1n) is 6.72. The summed E-state index contributed by atoms with van der Waals surface area (Å²) in [5.74, 6) is -0.297. The van der Waals surface area contributed by atoms with Gasteiger partial charge in [0.05, 0.1) is 6.54 Å². The Morgan fingerprint density at radius 1 is 1.53 bits per heavy atom. The topological polar surface area (TPSA) is 87.5 Å². The average molecular weight is 268 g/mol. The number of nitrogens with one attached hydrogen (secondary N) is 2. The quantitative estimate of drug-likeness (QED) is 0.622. The molecule has 3 amide bonds. The van der Waals surface area contributed by atoms with E-state index >= 15 is 0 Å². The number of urea groups is 1. The molecule has 0 bridgehead atoms. The van der Waals surface area contributed by atoms with E-state index in [4.69, 9.17) is 5.73 Å². The third-order valence-corrected chi connectivity index (χ3v) is 3.28. The van der Waals surface area contributed by atoms with Gasteiger partial charge >= 0.3 is 6.03 Å². The minimum Gasteiger partial charge on any atom is -0.334 e. The summed E-state index contributed by atoms with van der Waals surface area (Å²) in [4.78, 5) is 25.2. The summed E-state index contributed by atoms with van der Waals surface area (Å²) in [7, 11) is 0. The maximum atomic E-state index is 11.8. The number of likely N-dealkylation sites (tertiary alicyclic amines) is 1. The van der Waals surface area contributed by atoms with Gasteiger partial charge in [-0.3, -0.25) is 15.0 Å². The largest absolute Gasteiger partial charge is 0.334 e. The number of amides is 3. The smallest absolute Gasteiger partial charge is 0.321 e. The van der Waals surface area contributed by atoms with Crippen molar-refractivity contribution in [1.82, 2.24) is 15.5 Å². The standard InChI is InChI=1S/C13H24N4O2/c1-3-7-15-13(19)16-12(18)9-17-8-5-4-6-11(17)10(2)14/h3,10-11H,1,4-9,14H2,2H3,(H2,15,16,18,19). The molecule has 0 aromatic heterocycles. The highest BCUT2D eigenvalue weighted by Crippen LogP contribution is 2.18. The molecular formula is C13H24N4O2. The summed E-state index contributed by atoms with van der Waals surface area (Å²) < 4.78 is 0. The van der Waals surface area contributed by atoms with Gasteiger partial charge in [0.25, 0.3) is 0 Å². The molecule has 1 fully saturated rings. The summed E-state index contributed by atoms with van der Waals surface area (Å²) >= 11 is 0. The number of imide groups is 1. The Labute approximate surface area is 114 Å². The molecule has 1 aliphatic rings. The number of rotatable bonds is 5. The third kappa shape index (κ3) is 5.40. The van der Waals surface area contributed by atoms with Crippen LogP contribution in [0, 0.1) is 0 Å². The van der Waals surface area contributed by atoms with Crippen LogP contribution in [0.3, 0.4) is 0 Å². The fourth-order valence-corrected chi connectivity index (χ4v) is 2.37. The lowest BCUT2D eigenvalue weighted by molar-refractivity contribution is -0.122. The van der Waals surface area contributed by atoms with Crippen molar-refractivity contribution in [2.45, 2.75) is 38.3 Å². The van der Waals surface area contributed by atoms with Gasteiger partial charge in [0.2, 0.25) is 5.91 Å². The molecular weight excluding hydrogens is 244 g/mol. The van der Waals surface area contributed by atoms with Crippen LogP contribution < -0.4 is 16.4 Å². The number of carbonyl (C=O) groups is 2. The Bertz CT molecular complexity index is 331. The first kappa shape index (κ1) is 15.7. The van der Waals surface area contributed by atoms with Gasteiger partial charge in [0, 0.05) is 18.6 Å². The van der Waals surface area contributed by atoms with E-state index in [1.165, 1.54) is 0 Å². The fourth-order valence-electron chi connectivity index (χ4n) is 2.37. The first-order valence-corrected chi connectivity index (χ1v) is 6.72. The third-order valence-electron chi connectivity index (χ3n) is 3.28. The van der Waals surface area contributed by atoms with Crippen molar-refractivity contribution in [3.63, 3.8) is 0 Å². The number of hydrogen-bond donors (Lipinski definition) is 3. The normalized spacial score (nSPS) is 21.5. The number of piperidine rings is 1. The summed E-state index contributed by atoms with van der Waals surface area (Å²) in [5.41, 5.74) is 5.94. The van der Waals surface area contributed by atoms with Gasteiger partial charge in [-0.1, -0.05) is 12.5 Å². The Morgan fingerprint density at radius 3 is 2.89 bits per heavy atom. The maximum Gasteiger partial charge on any atom is 0.321 e. The highest BCUT2D eigenvalue weighted by molar-refractivity contribution is 5.95. The van der Waals surface area contributed by atoms with Crippen LogP contribution in [0.2, 0.25) is 0 Å². The van der Waals surface area contributed by atoms with Gasteiger partial charge in [0.1, 0.15) is 0 Å². The van der Waals surface area contributed by atoms with Gasteiger partial charge in [-0.25, -0.2) is 4.79 Å². The zero-order valence-electron chi connectivity index (χ0n) is 11.5. The van der Waals surface area contributed by atoms with Crippen LogP contribution in [0.4, 0.5) is 4.79 Å². The molecule has 0 spiro atoms. The van der Waals surface area contributed by atoms with E-state index in [0.29, 0.717) is 6.54 Å². The van der Waals surface area contributed by atoms with Crippen molar-refractivity contribution in [2.24, 2.45) is 5.73 Å². The molecule has 2 unspecified atom stereocenters. The SMILES string of the molecule is C=CCNC(=O)NC(=O)CN1CCCCC1C(C)N. The Balaban J connectivity index is 2.41. The lowest BCUT2D eigenvalue weighted by atomic mass is 9.97. The number of hydrogen-bond acceptors (Lipinski definition) is 4. The van der Waals surface area contributed by atoms with Crippen LogP contribution in [0.5, 0.6) is 0 Å². The van der Waals surface area contributed by atoms with Crippen LogP contribution in [-0.2, 0) is 4.79 Å². The molecule has 0 aromatic carbocycles. The molecule has 108 valence electrons. The van der Waals surface area contributed by atoms with Crippen molar-refractivity contribution in [3.05, 3.63) is 12.7 Å². The van der Waals surface area contributed by atoms with E-state index in [9.17, 15) is 9.59 Å². The molecule has 19 heavy (non-hydrogen) atoms. The fraction of sp³-hybridized carbons (Fsp3) is 0.692. The van der Waals surface area contributed by atoms with Crippen molar-refractivity contribution in [1.29, 1.82) is 0 Å². The molecule has 0 aliphatic carbocycles. The molecule has 0 radical (unpaired) electrons. The molecule has 2 atom stereocenters. The second-order valence-corrected chi connectivity index (χ2v) is 4.94. The molecule has 6 heteroatoms. The van der Waals surface area contributed by atoms with Crippen LogP contribution in [0.1, 0.15) is 26.2 Å². The van der Waals surface area contributed by atoms with Crippen molar-refractivity contribution >= 4 is 11.9 Å². The van der Waals surface area contributed by atoms with E-state index in [1.807, 2.05) is 6.92 Å². The first-order chi connectivity index (χ1) is 9.04. The Kier molecular flexibility index (Phi) is 6.52. The number of nitrogens with two attached hydrogens (primary N) is 1. The zero-order chi connectivity index (χ0) is 14.3. The monoisotopic (exact) mass is 268 g/mol. The van der Waals surface area contributed by atoms with Crippen molar-refractivity contribution in [3.8, 4) is 0 Å². The van der Waals surface area contributed by atoms with E-state index in [2.05, 4.69) is 22.1 Å². The lowest BCUT2D eigenvalue weighted by Crippen LogP contribution is -2.53. The number of nitrogens with zero attached hydrogens (tertiary/aromatic N) is 1. The van der Waals surface area contributed by atoms with E-state index in [1.54, 1.807) is 6.08 Å². The Hall–Kier alpha value is -1.40.